The van der Waals surface area contributed by atoms with Crippen LogP contribution in [-0.2, 0) is 13.2 Å². The lowest BCUT2D eigenvalue weighted by atomic mass is 10.1. The van der Waals surface area contributed by atoms with Gasteiger partial charge in [0.2, 0.25) is 0 Å². The zero-order valence-corrected chi connectivity index (χ0v) is 10.2. The molecule has 1 fully saturated rings. The maximum absolute atomic E-state index is 9.01. The van der Waals surface area contributed by atoms with Crippen LogP contribution < -0.4 is 0 Å². The average molecular weight is 240 g/mol. The summed E-state index contributed by atoms with van der Waals surface area (Å²) < 4.78 is 0. The number of hydrogen-bond acceptors (Lipinski definition) is 2. The number of aliphatic hydroxyl groups is 1. The molecule has 0 bridgehead atoms. The molecular weight excluding hydrogens is 222 g/mol. The van der Waals surface area contributed by atoms with Gasteiger partial charge in [0.05, 0.1) is 6.61 Å². The van der Waals surface area contributed by atoms with Gasteiger partial charge in [0.15, 0.2) is 0 Å². The largest absolute Gasteiger partial charge is 0.392 e. The Kier molecular flexibility index (Phi) is 4.22. The molecule has 0 unspecified atom stereocenters. The first-order valence-electron chi connectivity index (χ1n) is 5.90. The predicted molar refractivity (Wildman–Crippen MR) is 66.5 cm³/mol. The number of benzene rings is 1. The van der Waals surface area contributed by atoms with Gasteiger partial charge in [-0.25, -0.2) is 0 Å². The number of likely N-dealkylation sites (tertiary alicyclic amines) is 1. The molecule has 0 amide bonds. The molecule has 0 saturated carbocycles. The molecule has 0 radical (unpaired) electrons. The zero-order chi connectivity index (χ0) is 11.4. The van der Waals surface area contributed by atoms with Gasteiger partial charge in [-0.2, -0.15) is 0 Å². The molecule has 1 aromatic carbocycles. The number of hydrogen-bond donors (Lipinski definition) is 1. The molecule has 2 rings (SSSR count). The molecule has 2 nitrogen and oxygen atoms in total. The Balaban J connectivity index is 2.03. The highest BCUT2D eigenvalue weighted by Gasteiger charge is 2.12. The van der Waals surface area contributed by atoms with Gasteiger partial charge in [-0.3, -0.25) is 4.90 Å². The Hall–Kier alpha value is -0.570. The van der Waals surface area contributed by atoms with Gasteiger partial charge in [-0.15, -0.1) is 0 Å². The van der Waals surface area contributed by atoms with Crippen LogP contribution in [0, 0.1) is 0 Å². The summed E-state index contributed by atoms with van der Waals surface area (Å²) in [6.45, 7) is 3.35. The van der Waals surface area contributed by atoms with E-state index >= 15 is 0 Å². The normalized spacial score (nSPS) is 17.6. The van der Waals surface area contributed by atoms with E-state index in [0.717, 1.165) is 17.1 Å². The third kappa shape index (κ3) is 2.97. The van der Waals surface area contributed by atoms with Crippen molar-refractivity contribution in [2.24, 2.45) is 0 Å². The SMILES string of the molecule is OCc1ccc(CN2CCCCC2)c(Cl)c1. The topological polar surface area (TPSA) is 23.5 Å². The quantitative estimate of drug-likeness (QED) is 0.877. The summed E-state index contributed by atoms with van der Waals surface area (Å²) in [5.74, 6) is 0. The minimum absolute atomic E-state index is 0.0592. The third-order valence-electron chi connectivity index (χ3n) is 3.14. The molecule has 0 aromatic heterocycles. The molecule has 1 saturated heterocycles. The van der Waals surface area contributed by atoms with E-state index in [9.17, 15) is 0 Å². The van der Waals surface area contributed by atoms with Crippen molar-refractivity contribution in [2.75, 3.05) is 13.1 Å². The highest BCUT2D eigenvalue weighted by Crippen LogP contribution is 2.21. The van der Waals surface area contributed by atoms with Gasteiger partial charge in [0, 0.05) is 11.6 Å². The van der Waals surface area contributed by atoms with E-state index in [-0.39, 0.29) is 6.61 Å². The van der Waals surface area contributed by atoms with Gasteiger partial charge in [-0.1, -0.05) is 30.2 Å². The Morgan fingerprint density at radius 2 is 1.94 bits per heavy atom. The van der Waals surface area contributed by atoms with Crippen LogP contribution in [0.2, 0.25) is 5.02 Å². The standard InChI is InChI=1S/C13H18ClNO/c14-13-8-11(10-16)4-5-12(13)9-15-6-2-1-3-7-15/h4-5,8,16H,1-3,6-7,9-10H2. The summed E-state index contributed by atoms with van der Waals surface area (Å²) >= 11 is 6.19. The molecule has 16 heavy (non-hydrogen) atoms. The van der Waals surface area contributed by atoms with Gasteiger partial charge < -0.3 is 5.11 Å². The Morgan fingerprint density at radius 1 is 1.19 bits per heavy atom. The summed E-state index contributed by atoms with van der Waals surface area (Å²) in [6, 6.07) is 5.84. The lowest BCUT2D eigenvalue weighted by Crippen LogP contribution is -2.29. The molecule has 1 N–H and O–H groups in total. The zero-order valence-electron chi connectivity index (χ0n) is 9.45. The Morgan fingerprint density at radius 3 is 2.56 bits per heavy atom. The molecule has 88 valence electrons. The second-order valence-electron chi connectivity index (χ2n) is 4.42. The highest BCUT2D eigenvalue weighted by molar-refractivity contribution is 6.31. The lowest BCUT2D eigenvalue weighted by molar-refractivity contribution is 0.221. The predicted octanol–water partition coefficient (Wildman–Crippen LogP) is 2.82. The number of piperidine rings is 1. The van der Waals surface area contributed by atoms with E-state index in [0.29, 0.717) is 0 Å². The first kappa shape index (κ1) is 11.9. The van der Waals surface area contributed by atoms with E-state index in [1.165, 1.54) is 37.9 Å². The van der Waals surface area contributed by atoms with Crippen molar-refractivity contribution in [3.63, 3.8) is 0 Å². The van der Waals surface area contributed by atoms with Crippen molar-refractivity contribution in [2.45, 2.75) is 32.4 Å². The highest BCUT2D eigenvalue weighted by atomic mass is 35.5. The van der Waals surface area contributed by atoms with E-state index in [2.05, 4.69) is 4.90 Å². The first-order valence-corrected chi connectivity index (χ1v) is 6.28. The number of aliphatic hydroxyl groups excluding tert-OH is 1. The van der Waals surface area contributed by atoms with Crippen LogP contribution in [0.5, 0.6) is 0 Å². The van der Waals surface area contributed by atoms with Crippen LogP contribution in [0.15, 0.2) is 18.2 Å². The molecule has 0 atom stereocenters. The van der Waals surface area contributed by atoms with Crippen LogP contribution in [0.1, 0.15) is 30.4 Å². The van der Waals surface area contributed by atoms with Crippen molar-refractivity contribution < 1.29 is 5.11 Å². The fraction of sp³-hybridized carbons (Fsp3) is 0.538. The van der Waals surface area contributed by atoms with Crippen LogP contribution in [0.3, 0.4) is 0 Å². The minimum Gasteiger partial charge on any atom is -0.392 e. The van der Waals surface area contributed by atoms with E-state index < -0.39 is 0 Å². The fourth-order valence-corrected chi connectivity index (χ4v) is 2.44. The first-order chi connectivity index (χ1) is 7.79. The Bertz CT molecular complexity index is 348. The fourth-order valence-electron chi connectivity index (χ4n) is 2.18. The van der Waals surface area contributed by atoms with Crippen LogP contribution >= 0.6 is 11.6 Å². The molecule has 1 aliphatic rings. The minimum atomic E-state index is 0.0592. The monoisotopic (exact) mass is 239 g/mol. The van der Waals surface area contributed by atoms with Gasteiger partial charge in [0.1, 0.15) is 0 Å². The maximum atomic E-state index is 9.01. The summed E-state index contributed by atoms with van der Waals surface area (Å²) in [4.78, 5) is 2.45. The van der Waals surface area contributed by atoms with E-state index in [1.807, 2.05) is 18.2 Å². The van der Waals surface area contributed by atoms with Crippen molar-refractivity contribution >= 4 is 11.6 Å². The molecule has 1 heterocycles. The molecule has 0 spiro atoms. The second-order valence-corrected chi connectivity index (χ2v) is 4.83. The number of nitrogens with zero attached hydrogens (tertiary/aromatic N) is 1. The molecule has 1 aromatic rings. The maximum Gasteiger partial charge on any atom is 0.0682 e. The van der Waals surface area contributed by atoms with Gasteiger partial charge in [0.25, 0.3) is 0 Å². The smallest absolute Gasteiger partial charge is 0.0682 e. The van der Waals surface area contributed by atoms with Crippen molar-refractivity contribution in [3.05, 3.63) is 34.3 Å². The summed E-state index contributed by atoms with van der Waals surface area (Å²) in [7, 11) is 0. The van der Waals surface area contributed by atoms with E-state index in [1.54, 1.807) is 0 Å². The molecule has 3 heteroatoms. The summed E-state index contributed by atoms with van der Waals surface area (Å²) in [5.41, 5.74) is 2.05. The molecular formula is C13H18ClNO. The van der Waals surface area contributed by atoms with Crippen molar-refractivity contribution in [3.8, 4) is 0 Å². The molecule has 1 aliphatic heterocycles. The van der Waals surface area contributed by atoms with Crippen LogP contribution in [0.4, 0.5) is 0 Å². The van der Waals surface area contributed by atoms with Crippen molar-refractivity contribution in [1.29, 1.82) is 0 Å². The van der Waals surface area contributed by atoms with Crippen molar-refractivity contribution in [1.82, 2.24) is 4.90 Å². The molecule has 0 aliphatic carbocycles. The van der Waals surface area contributed by atoms with Crippen LogP contribution in [-0.4, -0.2) is 23.1 Å². The third-order valence-corrected chi connectivity index (χ3v) is 3.49. The summed E-state index contributed by atoms with van der Waals surface area (Å²) in [5, 5.41) is 9.78. The second kappa shape index (κ2) is 5.67. The Labute approximate surface area is 102 Å². The average Bonchev–Trinajstić information content (AvgIpc) is 2.33. The lowest BCUT2D eigenvalue weighted by Gasteiger charge is -2.26. The number of halogens is 1. The van der Waals surface area contributed by atoms with E-state index in [4.69, 9.17) is 16.7 Å². The van der Waals surface area contributed by atoms with Gasteiger partial charge in [-0.05, 0) is 43.1 Å². The van der Waals surface area contributed by atoms with Crippen LogP contribution in [0.25, 0.3) is 0 Å². The van der Waals surface area contributed by atoms with Gasteiger partial charge >= 0.3 is 0 Å². The number of rotatable bonds is 3. The summed E-state index contributed by atoms with van der Waals surface area (Å²) in [6.07, 6.45) is 3.95.